The number of carbonyl (C=O) groups excluding carboxylic acids is 2. The average molecular weight is 440 g/mol. The number of nitrogens with one attached hydrogen (secondary N) is 1. The van der Waals surface area contributed by atoms with Crippen LogP contribution >= 0.6 is 0 Å². The lowest BCUT2D eigenvalue weighted by Gasteiger charge is -2.12. The van der Waals surface area contributed by atoms with E-state index in [0.29, 0.717) is 29.4 Å². The Morgan fingerprint density at radius 2 is 1.69 bits per heavy atom. The molecule has 0 aliphatic rings. The van der Waals surface area contributed by atoms with E-state index in [1.807, 2.05) is 27.7 Å². The fourth-order valence-electron chi connectivity index (χ4n) is 2.52. The molecule has 0 unspecified atom stereocenters. The lowest BCUT2D eigenvalue weighted by molar-refractivity contribution is -0.384. The van der Waals surface area contributed by atoms with Crippen LogP contribution in [0.1, 0.15) is 43.6 Å². The third-order valence-electron chi connectivity index (χ3n) is 4.11. The maximum Gasteiger partial charge on any atom is 0.354 e. The van der Waals surface area contributed by atoms with E-state index >= 15 is 0 Å². The minimum atomic E-state index is -0.726. The monoisotopic (exact) mass is 440 g/mol. The first-order valence-corrected chi connectivity index (χ1v) is 10.3. The van der Waals surface area contributed by atoms with Crippen molar-refractivity contribution in [2.24, 2.45) is 11.8 Å². The second-order valence-electron chi connectivity index (χ2n) is 8.09. The summed E-state index contributed by atoms with van der Waals surface area (Å²) in [7, 11) is 0. The molecule has 32 heavy (non-hydrogen) atoms. The number of hydrogen-bond acceptors (Lipinski definition) is 6. The van der Waals surface area contributed by atoms with Gasteiger partial charge in [0.15, 0.2) is 0 Å². The summed E-state index contributed by atoms with van der Waals surface area (Å²) in [6.45, 7) is 8.58. The fourth-order valence-corrected chi connectivity index (χ4v) is 2.52. The van der Waals surface area contributed by atoms with E-state index in [1.54, 1.807) is 30.3 Å². The zero-order valence-electron chi connectivity index (χ0n) is 18.7. The molecule has 0 aliphatic heterocycles. The number of non-ortho nitro benzene ring substituents is 1. The van der Waals surface area contributed by atoms with E-state index in [1.165, 1.54) is 24.3 Å². The zero-order valence-corrected chi connectivity index (χ0v) is 18.7. The average Bonchev–Trinajstić information content (AvgIpc) is 2.76. The van der Waals surface area contributed by atoms with Crippen LogP contribution < -0.4 is 10.1 Å². The number of nitrogens with zero attached hydrogens (tertiary/aromatic N) is 1. The molecule has 0 radical (unpaired) electrons. The topological polar surface area (TPSA) is 108 Å². The lowest BCUT2D eigenvalue weighted by Crippen LogP contribution is -2.29. The number of ether oxygens (including phenoxy) is 2. The van der Waals surface area contributed by atoms with E-state index in [-0.39, 0.29) is 23.9 Å². The van der Waals surface area contributed by atoms with E-state index in [9.17, 15) is 19.7 Å². The molecule has 0 atom stereocenters. The van der Waals surface area contributed by atoms with Gasteiger partial charge in [0.1, 0.15) is 11.4 Å². The zero-order chi connectivity index (χ0) is 23.7. The van der Waals surface area contributed by atoms with Gasteiger partial charge in [-0.15, -0.1) is 0 Å². The molecule has 2 aromatic carbocycles. The van der Waals surface area contributed by atoms with Crippen molar-refractivity contribution in [3.05, 3.63) is 75.5 Å². The SMILES string of the molecule is CC(C)COC(=O)/C(=C/c1cccc([N+](=O)[O-])c1)NC(=O)c1ccc(OCC(C)C)cc1. The van der Waals surface area contributed by atoms with E-state index in [4.69, 9.17) is 9.47 Å². The summed E-state index contributed by atoms with van der Waals surface area (Å²) in [6.07, 6.45) is 1.35. The highest BCUT2D eigenvalue weighted by Crippen LogP contribution is 2.17. The van der Waals surface area contributed by atoms with Gasteiger partial charge in [0.2, 0.25) is 0 Å². The number of rotatable bonds is 10. The van der Waals surface area contributed by atoms with Crippen LogP contribution in [0.4, 0.5) is 5.69 Å². The van der Waals surface area contributed by atoms with Crippen LogP contribution in [0, 0.1) is 22.0 Å². The highest BCUT2D eigenvalue weighted by atomic mass is 16.6. The fraction of sp³-hybridized carbons (Fsp3) is 0.333. The van der Waals surface area contributed by atoms with E-state index in [0.717, 1.165) is 0 Å². The highest BCUT2D eigenvalue weighted by Gasteiger charge is 2.17. The summed E-state index contributed by atoms with van der Waals surface area (Å²) >= 11 is 0. The second-order valence-corrected chi connectivity index (χ2v) is 8.09. The largest absolute Gasteiger partial charge is 0.493 e. The first-order chi connectivity index (χ1) is 15.2. The Morgan fingerprint density at radius 3 is 2.28 bits per heavy atom. The highest BCUT2D eigenvalue weighted by molar-refractivity contribution is 6.03. The molecular formula is C24H28N2O6. The van der Waals surface area contributed by atoms with Gasteiger partial charge in [0.05, 0.1) is 18.1 Å². The van der Waals surface area contributed by atoms with Gasteiger partial charge >= 0.3 is 5.97 Å². The molecule has 2 aromatic rings. The molecule has 8 heteroatoms. The van der Waals surface area contributed by atoms with Gasteiger partial charge in [-0.2, -0.15) is 0 Å². The van der Waals surface area contributed by atoms with Crippen LogP contribution in [-0.4, -0.2) is 30.0 Å². The van der Waals surface area contributed by atoms with Crippen molar-refractivity contribution in [2.75, 3.05) is 13.2 Å². The van der Waals surface area contributed by atoms with Gasteiger partial charge in [-0.05, 0) is 47.7 Å². The summed E-state index contributed by atoms with van der Waals surface area (Å²) < 4.78 is 10.9. The van der Waals surface area contributed by atoms with Gasteiger partial charge in [0.25, 0.3) is 11.6 Å². The number of nitro benzene ring substituents is 1. The molecule has 1 N–H and O–H groups in total. The number of nitro groups is 1. The Hall–Kier alpha value is -3.68. The normalized spacial score (nSPS) is 11.4. The molecular weight excluding hydrogens is 412 g/mol. The number of esters is 1. The van der Waals surface area contributed by atoms with E-state index < -0.39 is 16.8 Å². The molecule has 0 heterocycles. The van der Waals surface area contributed by atoms with Gasteiger partial charge in [-0.25, -0.2) is 4.79 Å². The van der Waals surface area contributed by atoms with Crippen LogP contribution in [0.3, 0.4) is 0 Å². The van der Waals surface area contributed by atoms with Crippen molar-refractivity contribution in [3.8, 4) is 5.75 Å². The van der Waals surface area contributed by atoms with Crippen LogP contribution in [-0.2, 0) is 9.53 Å². The van der Waals surface area contributed by atoms with Crippen molar-refractivity contribution in [1.82, 2.24) is 5.32 Å². The molecule has 0 fully saturated rings. The lowest BCUT2D eigenvalue weighted by atomic mass is 10.1. The first-order valence-electron chi connectivity index (χ1n) is 10.3. The van der Waals surface area contributed by atoms with Crippen molar-refractivity contribution in [2.45, 2.75) is 27.7 Å². The summed E-state index contributed by atoms with van der Waals surface area (Å²) in [5, 5.41) is 13.6. The quantitative estimate of drug-likeness (QED) is 0.250. The molecule has 1 amide bonds. The third kappa shape index (κ3) is 7.86. The number of amides is 1. The molecule has 0 aromatic heterocycles. The molecule has 0 aliphatic carbocycles. The molecule has 0 bridgehead atoms. The first kappa shape index (κ1) is 24.6. The van der Waals surface area contributed by atoms with Gasteiger partial charge < -0.3 is 14.8 Å². The number of hydrogen-bond donors (Lipinski definition) is 1. The Bertz CT molecular complexity index is 980. The van der Waals surface area contributed by atoms with Crippen molar-refractivity contribution in [3.63, 3.8) is 0 Å². The van der Waals surface area contributed by atoms with Crippen molar-refractivity contribution >= 4 is 23.6 Å². The van der Waals surface area contributed by atoms with Gasteiger partial charge in [0, 0.05) is 17.7 Å². The summed E-state index contributed by atoms with van der Waals surface area (Å²) in [4.78, 5) is 35.8. The summed E-state index contributed by atoms with van der Waals surface area (Å²) in [5.74, 6) is -0.128. The maximum absolute atomic E-state index is 12.7. The van der Waals surface area contributed by atoms with Gasteiger partial charge in [-0.3, -0.25) is 14.9 Å². The van der Waals surface area contributed by atoms with Crippen molar-refractivity contribution < 1.29 is 24.0 Å². The van der Waals surface area contributed by atoms with Gasteiger partial charge in [-0.1, -0.05) is 39.8 Å². The molecule has 0 saturated heterocycles. The van der Waals surface area contributed by atoms with Crippen LogP contribution in [0.2, 0.25) is 0 Å². The van der Waals surface area contributed by atoms with Crippen LogP contribution in [0.5, 0.6) is 5.75 Å². The third-order valence-corrected chi connectivity index (χ3v) is 4.11. The van der Waals surface area contributed by atoms with Crippen LogP contribution in [0.15, 0.2) is 54.2 Å². The minimum Gasteiger partial charge on any atom is -0.493 e. The minimum absolute atomic E-state index is 0.104. The summed E-state index contributed by atoms with van der Waals surface area (Å²) in [5.41, 5.74) is 0.463. The maximum atomic E-state index is 12.7. The predicted octanol–water partition coefficient (Wildman–Crippen LogP) is 4.60. The number of carbonyl (C=O) groups is 2. The Labute approximate surface area is 187 Å². The summed E-state index contributed by atoms with van der Waals surface area (Å²) in [6, 6.07) is 12.3. The Balaban J connectivity index is 2.24. The smallest absolute Gasteiger partial charge is 0.354 e. The van der Waals surface area contributed by atoms with Crippen molar-refractivity contribution in [1.29, 1.82) is 0 Å². The number of benzene rings is 2. The van der Waals surface area contributed by atoms with E-state index in [2.05, 4.69) is 5.32 Å². The molecule has 8 nitrogen and oxygen atoms in total. The standard InChI is InChI=1S/C24H28N2O6/c1-16(2)14-31-21-10-8-19(9-11-21)23(27)25-22(24(28)32-15-17(3)4)13-18-6-5-7-20(12-18)26(29)30/h5-13,16-17H,14-15H2,1-4H3,(H,25,27)/b22-13-. The predicted molar refractivity (Wildman–Crippen MR) is 121 cm³/mol. The molecule has 0 spiro atoms. The van der Waals surface area contributed by atoms with Crippen LogP contribution in [0.25, 0.3) is 6.08 Å². The molecule has 170 valence electrons. The molecule has 0 saturated carbocycles. The molecule has 2 rings (SSSR count). The second kappa shape index (κ2) is 11.6. The Morgan fingerprint density at radius 1 is 1.03 bits per heavy atom. The Kier molecular flexibility index (Phi) is 8.95.